The van der Waals surface area contributed by atoms with Gasteiger partial charge in [-0.3, -0.25) is 4.79 Å². The predicted octanol–water partition coefficient (Wildman–Crippen LogP) is 2.05. The SMILES string of the molecule is CC(CCC(=O)O)OC(C)(C)C. The molecule has 12 heavy (non-hydrogen) atoms. The molecule has 1 unspecified atom stereocenters. The van der Waals surface area contributed by atoms with E-state index >= 15 is 0 Å². The Morgan fingerprint density at radius 2 is 2.00 bits per heavy atom. The lowest BCUT2D eigenvalue weighted by molar-refractivity contribution is -0.138. The lowest BCUT2D eigenvalue weighted by atomic mass is 10.1. The molecular formula is C9H18O3. The van der Waals surface area contributed by atoms with Crippen LogP contribution in [0.4, 0.5) is 0 Å². The van der Waals surface area contributed by atoms with Gasteiger partial charge in [-0.25, -0.2) is 0 Å². The van der Waals surface area contributed by atoms with Crippen molar-refractivity contribution in [3.8, 4) is 0 Å². The zero-order valence-corrected chi connectivity index (χ0v) is 8.26. The van der Waals surface area contributed by atoms with Gasteiger partial charge < -0.3 is 9.84 Å². The Bertz CT molecular complexity index is 146. The van der Waals surface area contributed by atoms with Gasteiger partial charge in [-0.05, 0) is 34.1 Å². The van der Waals surface area contributed by atoms with Gasteiger partial charge in [0.15, 0.2) is 0 Å². The third-order valence-corrected chi connectivity index (χ3v) is 1.32. The van der Waals surface area contributed by atoms with Crippen LogP contribution in [0.1, 0.15) is 40.5 Å². The zero-order chi connectivity index (χ0) is 9.78. The summed E-state index contributed by atoms with van der Waals surface area (Å²) in [5, 5.41) is 8.41. The largest absolute Gasteiger partial charge is 0.481 e. The third kappa shape index (κ3) is 7.54. The number of carboxylic acids is 1. The molecule has 0 bridgehead atoms. The van der Waals surface area contributed by atoms with Crippen LogP contribution in [0.15, 0.2) is 0 Å². The van der Waals surface area contributed by atoms with Crippen LogP contribution in [0.25, 0.3) is 0 Å². The highest BCUT2D eigenvalue weighted by Gasteiger charge is 2.15. The van der Waals surface area contributed by atoms with E-state index in [1.165, 1.54) is 0 Å². The smallest absolute Gasteiger partial charge is 0.303 e. The van der Waals surface area contributed by atoms with Crippen molar-refractivity contribution in [2.75, 3.05) is 0 Å². The Morgan fingerprint density at radius 1 is 1.50 bits per heavy atom. The molecule has 0 aromatic carbocycles. The van der Waals surface area contributed by atoms with E-state index in [1.807, 2.05) is 27.7 Å². The average molecular weight is 174 g/mol. The maximum absolute atomic E-state index is 10.2. The molecule has 1 atom stereocenters. The summed E-state index contributed by atoms with van der Waals surface area (Å²) in [6.07, 6.45) is 0.769. The molecule has 0 saturated carbocycles. The first kappa shape index (κ1) is 11.4. The van der Waals surface area contributed by atoms with Crippen molar-refractivity contribution in [2.45, 2.75) is 52.2 Å². The first-order valence-electron chi connectivity index (χ1n) is 4.21. The van der Waals surface area contributed by atoms with Gasteiger partial charge in [0.2, 0.25) is 0 Å². The van der Waals surface area contributed by atoms with E-state index in [-0.39, 0.29) is 18.1 Å². The monoisotopic (exact) mass is 174 g/mol. The molecule has 0 aromatic heterocycles. The van der Waals surface area contributed by atoms with Gasteiger partial charge in [0.25, 0.3) is 0 Å². The van der Waals surface area contributed by atoms with E-state index in [0.29, 0.717) is 6.42 Å². The number of carbonyl (C=O) groups is 1. The van der Waals surface area contributed by atoms with Crippen molar-refractivity contribution >= 4 is 5.97 Å². The summed E-state index contributed by atoms with van der Waals surface area (Å²) < 4.78 is 5.52. The minimum Gasteiger partial charge on any atom is -0.481 e. The van der Waals surface area contributed by atoms with Crippen molar-refractivity contribution in [2.24, 2.45) is 0 Å². The molecule has 0 aliphatic heterocycles. The molecule has 0 aliphatic carbocycles. The third-order valence-electron chi connectivity index (χ3n) is 1.32. The number of aliphatic carboxylic acids is 1. The van der Waals surface area contributed by atoms with E-state index in [0.717, 1.165) is 0 Å². The Hall–Kier alpha value is -0.570. The highest BCUT2D eigenvalue weighted by Crippen LogP contribution is 2.13. The van der Waals surface area contributed by atoms with E-state index in [2.05, 4.69) is 0 Å². The van der Waals surface area contributed by atoms with E-state index in [1.54, 1.807) is 0 Å². The first-order chi connectivity index (χ1) is 5.31. The number of rotatable bonds is 4. The van der Waals surface area contributed by atoms with Gasteiger partial charge in [0.1, 0.15) is 0 Å². The Balaban J connectivity index is 3.60. The summed E-state index contributed by atoms with van der Waals surface area (Å²) in [7, 11) is 0. The second-order valence-electron chi connectivity index (χ2n) is 3.97. The molecular weight excluding hydrogens is 156 g/mol. The average Bonchev–Trinajstić information content (AvgIpc) is 1.79. The molecule has 0 saturated heterocycles. The minimum absolute atomic E-state index is 0.0149. The highest BCUT2D eigenvalue weighted by atomic mass is 16.5. The second-order valence-corrected chi connectivity index (χ2v) is 3.97. The standard InChI is InChI=1S/C9H18O3/c1-7(5-6-8(10)11)12-9(2,3)4/h7H,5-6H2,1-4H3,(H,10,11). The fraction of sp³-hybridized carbons (Fsp3) is 0.889. The summed E-state index contributed by atoms with van der Waals surface area (Å²) in [6.45, 7) is 7.78. The molecule has 0 heterocycles. The summed E-state index contributed by atoms with van der Waals surface area (Å²) >= 11 is 0. The maximum Gasteiger partial charge on any atom is 0.303 e. The van der Waals surface area contributed by atoms with Crippen LogP contribution in [0, 0.1) is 0 Å². The van der Waals surface area contributed by atoms with Gasteiger partial charge in [-0.2, -0.15) is 0 Å². The zero-order valence-electron chi connectivity index (χ0n) is 8.26. The molecule has 0 amide bonds. The Kier molecular flexibility index (Phi) is 4.24. The normalized spacial score (nSPS) is 14.3. The predicted molar refractivity (Wildman–Crippen MR) is 47.2 cm³/mol. The summed E-state index contributed by atoms with van der Waals surface area (Å²) in [6, 6.07) is 0. The van der Waals surface area contributed by atoms with Crippen LogP contribution >= 0.6 is 0 Å². The molecule has 0 spiro atoms. The fourth-order valence-electron chi connectivity index (χ4n) is 0.989. The van der Waals surface area contributed by atoms with E-state index in [4.69, 9.17) is 9.84 Å². The lowest BCUT2D eigenvalue weighted by Gasteiger charge is -2.24. The Labute approximate surface area is 73.7 Å². The van der Waals surface area contributed by atoms with Gasteiger partial charge in [0.05, 0.1) is 11.7 Å². The molecule has 0 aromatic rings. The topological polar surface area (TPSA) is 46.5 Å². The fourth-order valence-corrected chi connectivity index (χ4v) is 0.989. The van der Waals surface area contributed by atoms with Crippen LogP contribution < -0.4 is 0 Å². The first-order valence-corrected chi connectivity index (χ1v) is 4.21. The summed E-state index contributed by atoms with van der Waals surface area (Å²) in [5.41, 5.74) is -0.183. The van der Waals surface area contributed by atoms with Crippen LogP contribution in [0.2, 0.25) is 0 Å². The molecule has 0 fully saturated rings. The van der Waals surface area contributed by atoms with Crippen molar-refractivity contribution in [3.05, 3.63) is 0 Å². The maximum atomic E-state index is 10.2. The molecule has 0 rings (SSSR count). The number of carboxylic acid groups (broad SMARTS) is 1. The molecule has 1 N–H and O–H groups in total. The molecule has 3 nitrogen and oxygen atoms in total. The van der Waals surface area contributed by atoms with Gasteiger partial charge in [-0.15, -0.1) is 0 Å². The number of hydrogen-bond acceptors (Lipinski definition) is 2. The molecule has 0 radical (unpaired) electrons. The molecule has 3 heteroatoms. The van der Waals surface area contributed by atoms with E-state index in [9.17, 15) is 4.79 Å². The number of ether oxygens (including phenoxy) is 1. The quantitative estimate of drug-likeness (QED) is 0.709. The molecule has 0 aliphatic rings. The van der Waals surface area contributed by atoms with Crippen molar-refractivity contribution in [1.29, 1.82) is 0 Å². The van der Waals surface area contributed by atoms with Crippen molar-refractivity contribution in [3.63, 3.8) is 0 Å². The van der Waals surface area contributed by atoms with Crippen LogP contribution in [-0.2, 0) is 9.53 Å². The number of hydrogen-bond donors (Lipinski definition) is 1. The molecule has 72 valence electrons. The van der Waals surface area contributed by atoms with Crippen LogP contribution in [0.5, 0.6) is 0 Å². The van der Waals surface area contributed by atoms with Crippen LogP contribution in [-0.4, -0.2) is 22.8 Å². The highest BCUT2D eigenvalue weighted by molar-refractivity contribution is 5.66. The Morgan fingerprint density at radius 3 is 2.33 bits per heavy atom. The van der Waals surface area contributed by atoms with Crippen molar-refractivity contribution in [1.82, 2.24) is 0 Å². The summed E-state index contributed by atoms with van der Waals surface area (Å²) in [4.78, 5) is 10.2. The van der Waals surface area contributed by atoms with Crippen LogP contribution in [0.3, 0.4) is 0 Å². The lowest BCUT2D eigenvalue weighted by Crippen LogP contribution is -2.25. The second kappa shape index (κ2) is 4.45. The van der Waals surface area contributed by atoms with Gasteiger partial charge >= 0.3 is 5.97 Å². The minimum atomic E-state index is -0.764. The van der Waals surface area contributed by atoms with Gasteiger partial charge in [-0.1, -0.05) is 0 Å². The van der Waals surface area contributed by atoms with Gasteiger partial charge in [0, 0.05) is 6.42 Å². The van der Waals surface area contributed by atoms with Crippen molar-refractivity contribution < 1.29 is 14.6 Å². The summed E-state index contributed by atoms with van der Waals surface area (Å²) in [5.74, 6) is -0.764. The van der Waals surface area contributed by atoms with E-state index < -0.39 is 5.97 Å².